The second-order valence-corrected chi connectivity index (χ2v) is 6.05. The highest BCUT2D eigenvalue weighted by Crippen LogP contribution is 2.26. The largest absolute Gasteiger partial charge is 0.305 e. The molecule has 1 atom stereocenters. The van der Waals surface area contributed by atoms with E-state index in [9.17, 15) is 4.79 Å². The Balaban J connectivity index is 1.93. The first kappa shape index (κ1) is 16.9. The van der Waals surface area contributed by atoms with E-state index in [4.69, 9.17) is 0 Å². The van der Waals surface area contributed by atoms with Crippen molar-refractivity contribution < 1.29 is 9.47 Å². The number of hydrogen-bond acceptors (Lipinski definition) is 1. The third kappa shape index (κ3) is 4.13. The van der Waals surface area contributed by atoms with Crippen molar-refractivity contribution in [2.45, 2.75) is 25.7 Å². The predicted molar refractivity (Wildman–Crippen MR) is 100.0 cm³/mol. The van der Waals surface area contributed by atoms with E-state index in [2.05, 4.69) is 42.7 Å². The van der Waals surface area contributed by atoms with Crippen molar-refractivity contribution in [2.24, 2.45) is 0 Å². The highest BCUT2D eigenvalue weighted by atomic mass is 16.2. The topological polar surface area (TPSA) is 33.0 Å². The third-order valence-corrected chi connectivity index (χ3v) is 4.29. The summed E-state index contributed by atoms with van der Waals surface area (Å²) in [6, 6.07) is 25.8. The molecule has 0 spiro atoms. The van der Waals surface area contributed by atoms with Crippen molar-refractivity contribution in [3.63, 3.8) is 0 Å². The molecule has 2 aromatic carbocycles. The van der Waals surface area contributed by atoms with Gasteiger partial charge in [-0.15, -0.1) is 5.43 Å². The average molecular weight is 331 g/mol. The normalized spacial score (nSPS) is 11.7. The van der Waals surface area contributed by atoms with Crippen LogP contribution in [0.4, 0.5) is 0 Å². The van der Waals surface area contributed by atoms with E-state index >= 15 is 0 Å². The zero-order valence-corrected chi connectivity index (χ0v) is 14.4. The van der Waals surface area contributed by atoms with Crippen LogP contribution >= 0.6 is 0 Å². The molecule has 3 rings (SSSR count). The number of nitrogens with one attached hydrogen (secondary N) is 1. The fourth-order valence-electron chi connectivity index (χ4n) is 3.06. The van der Waals surface area contributed by atoms with Crippen LogP contribution in [0.15, 0.2) is 85.1 Å². The lowest BCUT2D eigenvalue weighted by atomic mass is 9.91. The molecule has 1 amide bonds. The van der Waals surface area contributed by atoms with Gasteiger partial charge in [-0.2, -0.15) is 0 Å². The van der Waals surface area contributed by atoms with E-state index in [1.54, 1.807) is 0 Å². The Labute approximate surface area is 148 Å². The summed E-state index contributed by atoms with van der Waals surface area (Å²) in [5.74, 6) is 0.129. The van der Waals surface area contributed by atoms with Crippen LogP contribution in [0.2, 0.25) is 0 Å². The van der Waals surface area contributed by atoms with Gasteiger partial charge in [0, 0.05) is 17.7 Å². The average Bonchev–Trinajstić information content (AvgIpc) is 2.68. The van der Waals surface area contributed by atoms with E-state index in [1.165, 1.54) is 5.56 Å². The quantitative estimate of drug-likeness (QED) is 0.672. The van der Waals surface area contributed by atoms with E-state index in [1.807, 2.05) is 59.4 Å². The van der Waals surface area contributed by atoms with Gasteiger partial charge < -0.3 is 0 Å². The summed E-state index contributed by atoms with van der Waals surface area (Å²) in [4.78, 5) is 12.6. The van der Waals surface area contributed by atoms with Gasteiger partial charge in [0.2, 0.25) is 5.69 Å². The number of carbonyl (C=O) groups is 1. The van der Waals surface area contributed by atoms with Gasteiger partial charge in [0.15, 0.2) is 6.20 Å². The van der Waals surface area contributed by atoms with Crippen molar-refractivity contribution in [1.82, 2.24) is 0 Å². The SMILES string of the molecule is CCCC(c1ccccc1)c1cccc[n+]1NC(=O)c1ccccc1. The second-order valence-electron chi connectivity index (χ2n) is 6.05. The van der Waals surface area contributed by atoms with Crippen LogP contribution in [0.25, 0.3) is 0 Å². The van der Waals surface area contributed by atoms with Gasteiger partial charge in [0.05, 0.1) is 5.92 Å². The molecule has 1 aromatic heterocycles. The maximum Gasteiger partial charge on any atom is 0.305 e. The van der Waals surface area contributed by atoms with E-state index in [0.29, 0.717) is 5.56 Å². The van der Waals surface area contributed by atoms with Gasteiger partial charge in [-0.1, -0.05) is 66.6 Å². The number of benzene rings is 2. The lowest BCUT2D eigenvalue weighted by Gasteiger charge is -2.15. The lowest BCUT2D eigenvalue weighted by molar-refractivity contribution is -0.650. The first-order chi connectivity index (χ1) is 12.3. The zero-order valence-electron chi connectivity index (χ0n) is 14.4. The molecule has 1 unspecified atom stereocenters. The Morgan fingerprint density at radius 1 is 0.920 bits per heavy atom. The Morgan fingerprint density at radius 3 is 2.24 bits per heavy atom. The van der Waals surface area contributed by atoms with Gasteiger partial charge in [-0.3, -0.25) is 4.79 Å². The molecule has 0 aliphatic carbocycles. The van der Waals surface area contributed by atoms with Crippen LogP contribution in [-0.4, -0.2) is 5.91 Å². The van der Waals surface area contributed by atoms with Gasteiger partial charge in [0.25, 0.3) is 0 Å². The Morgan fingerprint density at radius 2 is 1.56 bits per heavy atom. The number of aromatic nitrogens is 1. The van der Waals surface area contributed by atoms with Gasteiger partial charge in [-0.05, 0) is 30.2 Å². The summed E-state index contributed by atoms with van der Waals surface area (Å²) in [6.07, 6.45) is 4.00. The molecule has 0 aliphatic rings. The lowest BCUT2D eigenvalue weighted by Crippen LogP contribution is -2.51. The molecular formula is C22H23N2O+. The predicted octanol–water partition coefficient (Wildman–Crippen LogP) is 4.29. The van der Waals surface area contributed by atoms with Gasteiger partial charge >= 0.3 is 5.91 Å². The maximum atomic E-state index is 12.6. The van der Waals surface area contributed by atoms with Crippen LogP contribution in [0, 0.1) is 0 Å². The van der Waals surface area contributed by atoms with E-state index in [0.717, 1.165) is 18.5 Å². The fourth-order valence-corrected chi connectivity index (χ4v) is 3.06. The summed E-state index contributed by atoms with van der Waals surface area (Å²) in [7, 11) is 0. The van der Waals surface area contributed by atoms with Crippen LogP contribution in [0.5, 0.6) is 0 Å². The molecule has 0 fully saturated rings. The molecule has 0 saturated heterocycles. The van der Waals surface area contributed by atoms with Crippen molar-refractivity contribution in [1.29, 1.82) is 0 Å². The summed E-state index contributed by atoms with van der Waals surface area (Å²) in [6.45, 7) is 2.19. The van der Waals surface area contributed by atoms with Crippen molar-refractivity contribution >= 4 is 5.91 Å². The van der Waals surface area contributed by atoms with Crippen molar-refractivity contribution in [2.75, 3.05) is 5.43 Å². The zero-order chi connectivity index (χ0) is 17.5. The van der Waals surface area contributed by atoms with E-state index < -0.39 is 0 Å². The van der Waals surface area contributed by atoms with Crippen LogP contribution < -0.4 is 10.1 Å². The molecule has 0 bridgehead atoms. The van der Waals surface area contributed by atoms with Crippen LogP contribution in [0.1, 0.15) is 47.3 Å². The number of amides is 1. The second kappa shape index (κ2) is 8.25. The molecule has 0 radical (unpaired) electrons. The monoisotopic (exact) mass is 331 g/mol. The number of carbonyl (C=O) groups excluding carboxylic acids is 1. The minimum Gasteiger partial charge on any atom is -0.264 e. The first-order valence-electron chi connectivity index (χ1n) is 8.71. The standard InChI is InChI=1S/C22H22N2O/c1-2-11-20(18-12-5-3-6-13-18)21-16-9-10-17-24(21)23-22(25)19-14-7-4-8-15-19/h3-10,12-17,20H,2,11H2,1H3/p+1. The fraction of sp³-hybridized carbons (Fsp3) is 0.182. The molecule has 0 aliphatic heterocycles. The number of rotatable bonds is 6. The third-order valence-electron chi connectivity index (χ3n) is 4.29. The molecule has 126 valence electrons. The number of pyridine rings is 1. The van der Waals surface area contributed by atoms with Crippen molar-refractivity contribution in [3.05, 3.63) is 102 Å². The summed E-state index contributed by atoms with van der Waals surface area (Å²) < 4.78 is 1.85. The van der Waals surface area contributed by atoms with Gasteiger partial charge in [-0.25, -0.2) is 0 Å². The smallest absolute Gasteiger partial charge is 0.264 e. The summed E-state index contributed by atoms with van der Waals surface area (Å²) in [5.41, 5.74) is 6.01. The van der Waals surface area contributed by atoms with Crippen molar-refractivity contribution in [3.8, 4) is 0 Å². The van der Waals surface area contributed by atoms with Gasteiger partial charge in [0.1, 0.15) is 0 Å². The number of hydrogen-bond donors (Lipinski definition) is 1. The van der Waals surface area contributed by atoms with Crippen LogP contribution in [0.3, 0.4) is 0 Å². The molecule has 3 heteroatoms. The minimum absolute atomic E-state index is 0.110. The molecule has 3 aromatic rings. The Bertz CT molecular complexity index is 816. The Kier molecular flexibility index (Phi) is 5.57. The molecule has 0 saturated carbocycles. The molecular weight excluding hydrogens is 308 g/mol. The molecule has 1 heterocycles. The van der Waals surface area contributed by atoms with Crippen LogP contribution in [-0.2, 0) is 0 Å². The maximum absolute atomic E-state index is 12.6. The first-order valence-corrected chi connectivity index (χ1v) is 8.71. The van der Waals surface area contributed by atoms with E-state index in [-0.39, 0.29) is 11.8 Å². The Hall–Kier alpha value is -2.94. The molecule has 25 heavy (non-hydrogen) atoms. The summed E-state index contributed by atoms with van der Waals surface area (Å²) in [5, 5.41) is 0. The highest BCUT2D eigenvalue weighted by molar-refractivity contribution is 5.98. The number of nitrogens with zero attached hydrogens (tertiary/aromatic N) is 1. The minimum atomic E-state index is -0.110. The highest BCUT2D eigenvalue weighted by Gasteiger charge is 2.24. The molecule has 1 N–H and O–H groups in total. The summed E-state index contributed by atoms with van der Waals surface area (Å²) >= 11 is 0. The molecule has 3 nitrogen and oxygen atoms in total.